The van der Waals surface area contributed by atoms with Gasteiger partial charge in [-0.2, -0.15) is 0 Å². The van der Waals surface area contributed by atoms with Gasteiger partial charge >= 0.3 is 6.03 Å². The summed E-state index contributed by atoms with van der Waals surface area (Å²) in [4.78, 5) is 14.6. The number of hydrogen-bond donors (Lipinski definition) is 3. The van der Waals surface area contributed by atoms with Crippen molar-refractivity contribution in [3.63, 3.8) is 0 Å². The van der Waals surface area contributed by atoms with Gasteiger partial charge < -0.3 is 15.7 Å². The molecule has 3 N–H and O–H groups in total. The van der Waals surface area contributed by atoms with Crippen molar-refractivity contribution in [2.75, 3.05) is 18.4 Å². The number of carbonyl (C=O) groups is 1. The number of urea groups is 1. The number of hydrogen-bond acceptors (Lipinski definition) is 3. The lowest BCUT2D eigenvalue weighted by Gasteiger charge is -2.37. The highest BCUT2D eigenvalue weighted by Crippen LogP contribution is 2.27. The third-order valence-corrected chi connectivity index (χ3v) is 5.72. The number of piperidine rings is 1. The lowest BCUT2D eigenvalue weighted by atomic mass is 10.0. The van der Waals surface area contributed by atoms with E-state index in [9.17, 15) is 9.90 Å². The van der Waals surface area contributed by atoms with Crippen molar-refractivity contribution in [2.24, 2.45) is 0 Å². The SMILES string of the molecule is Cc1ccc(Br)cc1NC(=O)NC1CCN([C@@H]2CCC[C@H]2O)CC1. The second-order valence-electron chi connectivity index (χ2n) is 6.93. The van der Waals surface area contributed by atoms with Crippen LogP contribution in [-0.4, -0.2) is 47.3 Å². The number of nitrogens with zero attached hydrogens (tertiary/aromatic N) is 1. The fourth-order valence-electron chi connectivity index (χ4n) is 3.79. The molecule has 2 aliphatic rings. The highest BCUT2D eigenvalue weighted by atomic mass is 79.9. The topological polar surface area (TPSA) is 64.6 Å². The maximum absolute atomic E-state index is 12.2. The van der Waals surface area contributed by atoms with Gasteiger partial charge in [-0.1, -0.05) is 22.0 Å². The standard InChI is InChI=1S/C18H26BrN3O2/c1-12-5-6-13(19)11-15(12)21-18(24)20-14-7-9-22(10-8-14)16-3-2-4-17(16)23/h5-6,11,14,16-17,23H,2-4,7-10H2,1H3,(H2,20,21,24)/t16-,17-/m1/s1. The van der Waals surface area contributed by atoms with Gasteiger partial charge in [-0.05, 0) is 56.7 Å². The molecule has 2 fully saturated rings. The molecule has 132 valence electrons. The van der Waals surface area contributed by atoms with Gasteiger partial charge in [0.1, 0.15) is 0 Å². The Hall–Kier alpha value is -1.11. The second-order valence-corrected chi connectivity index (χ2v) is 7.85. The molecule has 1 aliphatic carbocycles. The maximum atomic E-state index is 12.2. The number of anilines is 1. The molecular weight excluding hydrogens is 370 g/mol. The third kappa shape index (κ3) is 4.29. The molecule has 2 amide bonds. The van der Waals surface area contributed by atoms with Gasteiger partial charge in [-0.15, -0.1) is 0 Å². The van der Waals surface area contributed by atoms with E-state index in [1.807, 2.05) is 25.1 Å². The molecule has 0 aromatic heterocycles. The molecule has 3 rings (SSSR count). The molecule has 0 bridgehead atoms. The lowest BCUT2D eigenvalue weighted by molar-refractivity contribution is 0.0537. The Morgan fingerprint density at radius 1 is 1.25 bits per heavy atom. The molecule has 1 aliphatic heterocycles. The van der Waals surface area contributed by atoms with Crippen LogP contribution >= 0.6 is 15.9 Å². The van der Waals surface area contributed by atoms with Crippen molar-refractivity contribution in [3.05, 3.63) is 28.2 Å². The smallest absolute Gasteiger partial charge is 0.319 e. The quantitative estimate of drug-likeness (QED) is 0.735. The first kappa shape index (κ1) is 17.7. The van der Waals surface area contributed by atoms with E-state index in [2.05, 4.69) is 31.5 Å². The van der Waals surface area contributed by atoms with Crippen LogP contribution < -0.4 is 10.6 Å². The summed E-state index contributed by atoms with van der Waals surface area (Å²) in [6.07, 6.45) is 4.86. The zero-order chi connectivity index (χ0) is 17.1. The van der Waals surface area contributed by atoms with E-state index in [4.69, 9.17) is 0 Å². The van der Waals surface area contributed by atoms with Crippen LogP contribution in [0.3, 0.4) is 0 Å². The van der Waals surface area contributed by atoms with Crippen LogP contribution in [0.5, 0.6) is 0 Å². The van der Waals surface area contributed by atoms with Gasteiger partial charge in [-0.3, -0.25) is 4.90 Å². The minimum Gasteiger partial charge on any atom is -0.391 e. The van der Waals surface area contributed by atoms with E-state index in [1.165, 1.54) is 0 Å². The Balaban J connectivity index is 1.47. The number of benzene rings is 1. The summed E-state index contributed by atoms with van der Waals surface area (Å²) in [7, 11) is 0. The summed E-state index contributed by atoms with van der Waals surface area (Å²) in [5.74, 6) is 0. The van der Waals surface area contributed by atoms with Crippen molar-refractivity contribution in [2.45, 2.75) is 57.2 Å². The third-order valence-electron chi connectivity index (χ3n) is 5.23. The van der Waals surface area contributed by atoms with Gasteiger partial charge in [0.15, 0.2) is 0 Å². The molecule has 6 heteroatoms. The first-order valence-corrected chi connectivity index (χ1v) is 9.58. The summed E-state index contributed by atoms with van der Waals surface area (Å²) >= 11 is 3.43. The van der Waals surface area contributed by atoms with Crippen LogP contribution in [0.2, 0.25) is 0 Å². The number of halogens is 1. The highest BCUT2D eigenvalue weighted by Gasteiger charge is 2.33. The van der Waals surface area contributed by atoms with Crippen molar-refractivity contribution in [1.82, 2.24) is 10.2 Å². The van der Waals surface area contributed by atoms with Crippen LogP contribution in [0.15, 0.2) is 22.7 Å². The Kier molecular flexibility index (Phi) is 5.79. The fourth-order valence-corrected chi connectivity index (χ4v) is 4.16. The molecule has 0 radical (unpaired) electrons. The van der Waals surface area contributed by atoms with Crippen molar-refractivity contribution < 1.29 is 9.90 Å². The zero-order valence-corrected chi connectivity index (χ0v) is 15.7. The van der Waals surface area contributed by atoms with E-state index < -0.39 is 0 Å². The fraction of sp³-hybridized carbons (Fsp3) is 0.611. The highest BCUT2D eigenvalue weighted by molar-refractivity contribution is 9.10. The number of aliphatic hydroxyl groups excluding tert-OH is 1. The van der Waals surface area contributed by atoms with Crippen LogP contribution in [0.1, 0.15) is 37.7 Å². The van der Waals surface area contributed by atoms with E-state index >= 15 is 0 Å². The predicted octanol–water partition coefficient (Wildman–Crippen LogP) is 3.26. The number of aryl methyl sites for hydroxylation is 1. The summed E-state index contributed by atoms with van der Waals surface area (Å²) < 4.78 is 0.951. The van der Waals surface area contributed by atoms with Crippen LogP contribution in [0.4, 0.5) is 10.5 Å². The molecular formula is C18H26BrN3O2. The van der Waals surface area contributed by atoms with Gasteiger partial charge in [0.2, 0.25) is 0 Å². The number of likely N-dealkylation sites (tertiary alicyclic amines) is 1. The van der Waals surface area contributed by atoms with Crippen LogP contribution in [0, 0.1) is 6.92 Å². The van der Waals surface area contributed by atoms with Crippen LogP contribution in [-0.2, 0) is 0 Å². The molecule has 1 heterocycles. The van der Waals surface area contributed by atoms with Gasteiger partial charge in [-0.25, -0.2) is 4.79 Å². The van der Waals surface area contributed by atoms with E-state index in [0.29, 0.717) is 6.04 Å². The molecule has 24 heavy (non-hydrogen) atoms. The number of amides is 2. The van der Waals surface area contributed by atoms with E-state index in [0.717, 1.165) is 60.9 Å². The number of rotatable bonds is 3. The predicted molar refractivity (Wildman–Crippen MR) is 99.3 cm³/mol. The molecule has 5 nitrogen and oxygen atoms in total. The average molecular weight is 396 g/mol. The van der Waals surface area contributed by atoms with E-state index in [1.54, 1.807) is 0 Å². The summed E-state index contributed by atoms with van der Waals surface area (Å²) in [5.41, 5.74) is 1.87. The van der Waals surface area contributed by atoms with Crippen molar-refractivity contribution in [1.29, 1.82) is 0 Å². The Labute approximate surface area is 151 Å². The number of carbonyl (C=O) groups excluding carboxylic acids is 1. The van der Waals surface area contributed by atoms with Gasteiger partial charge in [0.05, 0.1) is 6.10 Å². The van der Waals surface area contributed by atoms with Gasteiger partial charge in [0.25, 0.3) is 0 Å². The summed E-state index contributed by atoms with van der Waals surface area (Å²) in [6, 6.07) is 6.24. The van der Waals surface area contributed by atoms with E-state index in [-0.39, 0.29) is 18.2 Å². The van der Waals surface area contributed by atoms with Gasteiger partial charge in [0, 0.05) is 35.3 Å². The summed E-state index contributed by atoms with van der Waals surface area (Å²) in [5, 5.41) is 16.1. The minimum absolute atomic E-state index is 0.143. The normalized spacial score (nSPS) is 25.6. The van der Waals surface area contributed by atoms with Crippen molar-refractivity contribution in [3.8, 4) is 0 Å². The van der Waals surface area contributed by atoms with Crippen LogP contribution in [0.25, 0.3) is 0 Å². The largest absolute Gasteiger partial charge is 0.391 e. The first-order chi connectivity index (χ1) is 11.5. The minimum atomic E-state index is -0.169. The van der Waals surface area contributed by atoms with Crippen molar-refractivity contribution >= 4 is 27.6 Å². The Morgan fingerprint density at radius 2 is 2.00 bits per heavy atom. The Bertz CT molecular complexity index is 588. The molecule has 2 atom stereocenters. The molecule has 0 spiro atoms. The number of aliphatic hydroxyl groups is 1. The molecule has 1 saturated heterocycles. The molecule has 0 unspecified atom stereocenters. The first-order valence-electron chi connectivity index (χ1n) is 8.78. The zero-order valence-electron chi connectivity index (χ0n) is 14.1. The monoisotopic (exact) mass is 395 g/mol. The molecule has 1 saturated carbocycles. The summed E-state index contributed by atoms with van der Waals surface area (Å²) in [6.45, 7) is 3.87. The molecule has 1 aromatic rings. The maximum Gasteiger partial charge on any atom is 0.319 e. The average Bonchev–Trinajstić information content (AvgIpc) is 2.98. The Morgan fingerprint density at radius 3 is 2.67 bits per heavy atom. The molecule has 1 aromatic carbocycles. The lowest BCUT2D eigenvalue weighted by Crippen LogP contribution is -2.50. The number of nitrogens with one attached hydrogen (secondary N) is 2. The second kappa shape index (κ2) is 7.85.